The molecule has 9 nitrogen and oxygen atoms in total. The number of carbonyl (C=O) groups is 1. The zero-order valence-corrected chi connectivity index (χ0v) is 17.2. The summed E-state index contributed by atoms with van der Waals surface area (Å²) >= 11 is 5.85. The largest absolute Gasteiger partial charge is 0.378 e. The maximum atomic E-state index is 12.5. The summed E-state index contributed by atoms with van der Waals surface area (Å²) in [5.74, 6) is -0.544. The quantitative estimate of drug-likeness (QED) is 0.248. The van der Waals surface area contributed by atoms with Crippen LogP contribution in [0.1, 0.15) is 15.9 Å². The molecule has 0 aromatic heterocycles. The Bertz CT molecular complexity index is 1260. The predicted octanol–water partition coefficient (Wildman–Crippen LogP) is 3.78. The molecular weight excluding hydrogens is 446 g/mol. The smallest absolute Gasteiger partial charge is 0.339 e. The van der Waals surface area contributed by atoms with Crippen molar-refractivity contribution in [3.63, 3.8) is 0 Å². The molecule has 31 heavy (non-hydrogen) atoms. The van der Waals surface area contributed by atoms with Crippen molar-refractivity contribution in [2.75, 3.05) is 0 Å². The number of hydrogen-bond donors (Lipinski definition) is 1. The Morgan fingerprint density at radius 3 is 2.45 bits per heavy atom. The lowest BCUT2D eigenvalue weighted by atomic mass is 10.2. The zero-order chi connectivity index (χ0) is 22.4. The van der Waals surface area contributed by atoms with E-state index >= 15 is 0 Å². The van der Waals surface area contributed by atoms with Gasteiger partial charge in [-0.25, -0.2) is 5.43 Å². The third-order valence-corrected chi connectivity index (χ3v) is 5.39. The van der Waals surface area contributed by atoms with Gasteiger partial charge in [0.25, 0.3) is 11.6 Å². The molecule has 3 aromatic carbocycles. The topological polar surface area (TPSA) is 128 Å². The van der Waals surface area contributed by atoms with Crippen LogP contribution in [0.5, 0.6) is 5.75 Å². The molecule has 0 atom stereocenters. The molecule has 0 saturated carbocycles. The summed E-state index contributed by atoms with van der Waals surface area (Å²) in [6.45, 7) is 0. The van der Waals surface area contributed by atoms with Gasteiger partial charge in [-0.15, -0.1) is 0 Å². The minimum Gasteiger partial charge on any atom is -0.378 e. The second kappa shape index (κ2) is 9.37. The fraction of sp³-hybridized carbons (Fsp3) is 0. The van der Waals surface area contributed by atoms with E-state index in [0.717, 1.165) is 24.3 Å². The van der Waals surface area contributed by atoms with Crippen molar-refractivity contribution in [1.29, 1.82) is 0 Å². The SMILES string of the molecule is O=C(NN=Cc1ccccc1OS(=O)(=O)c1ccc([N+](=O)[O-])cc1)c1cccc(Cl)c1. The van der Waals surface area contributed by atoms with Gasteiger partial charge >= 0.3 is 10.1 Å². The molecule has 0 aliphatic carbocycles. The number of rotatable bonds is 7. The summed E-state index contributed by atoms with van der Waals surface area (Å²) < 4.78 is 30.2. The summed E-state index contributed by atoms with van der Waals surface area (Å²) in [6, 6.07) is 16.7. The number of nitro benzene ring substituents is 1. The monoisotopic (exact) mass is 459 g/mol. The molecule has 158 valence electrons. The van der Waals surface area contributed by atoms with Crippen LogP contribution in [0.2, 0.25) is 5.02 Å². The number of para-hydroxylation sites is 1. The van der Waals surface area contributed by atoms with Crippen molar-refractivity contribution in [2.45, 2.75) is 4.90 Å². The van der Waals surface area contributed by atoms with E-state index in [-0.39, 0.29) is 21.9 Å². The van der Waals surface area contributed by atoms with Gasteiger partial charge in [0.2, 0.25) is 0 Å². The van der Waals surface area contributed by atoms with Crippen molar-refractivity contribution in [1.82, 2.24) is 5.43 Å². The van der Waals surface area contributed by atoms with Crippen LogP contribution < -0.4 is 9.61 Å². The van der Waals surface area contributed by atoms with Crippen molar-refractivity contribution in [2.24, 2.45) is 5.10 Å². The Labute approximate surface area is 182 Å². The lowest BCUT2D eigenvalue weighted by molar-refractivity contribution is -0.384. The van der Waals surface area contributed by atoms with Gasteiger partial charge in [0.1, 0.15) is 4.90 Å². The average molecular weight is 460 g/mol. The second-order valence-electron chi connectivity index (χ2n) is 6.04. The van der Waals surface area contributed by atoms with E-state index in [2.05, 4.69) is 10.5 Å². The molecule has 0 heterocycles. The summed E-state index contributed by atoms with van der Waals surface area (Å²) in [4.78, 5) is 21.9. The number of benzene rings is 3. The van der Waals surface area contributed by atoms with Crippen LogP contribution in [-0.4, -0.2) is 25.5 Å². The maximum absolute atomic E-state index is 12.5. The molecule has 0 unspecified atom stereocenters. The van der Waals surface area contributed by atoms with Crippen LogP contribution in [-0.2, 0) is 10.1 Å². The highest BCUT2D eigenvalue weighted by Gasteiger charge is 2.19. The number of hydrazone groups is 1. The van der Waals surface area contributed by atoms with Crippen molar-refractivity contribution in [3.05, 3.63) is 99.1 Å². The van der Waals surface area contributed by atoms with E-state index in [9.17, 15) is 23.3 Å². The van der Waals surface area contributed by atoms with Gasteiger partial charge < -0.3 is 4.18 Å². The number of carbonyl (C=O) groups excluding carboxylic acids is 1. The van der Waals surface area contributed by atoms with Gasteiger partial charge in [-0.2, -0.15) is 13.5 Å². The summed E-state index contributed by atoms with van der Waals surface area (Å²) in [5, 5.41) is 14.9. The fourth-order valence-corrected chi connectivity index (χ4v) is 3.56. The van der Waals surface area contributed by atoms with Crippen LogP contribution >= 0.6 is 11.6 Å². The molecule has 1 amide bonds. The Kier molecular flexibility index (Phi) is 6.63. The van der Waals surface area contributed by atoms with E-state index in [1.807, 2.05) is 0 Å². The highest BCUT2D eigenvalue weighted by molar-refractivity contribution is 7.87. The van der Waals surface area contributed by atoms with Crippen LogP contribution in [0, 0.1) is 10.1 Å². The Balaban J connectivity index is 1.76. The zero-order valence-electron chi connectivity index (χ0n) is 15.6. The molecule has 0 fully saturated rings. The fourth-order valence-electron chi connectivity index (χ4n) is 2.42. The third kappa shape index (κ3) is 5.65. The molecule has 0 saturated heterocycles. The minimum absolute atomic E-state index is 0.0402. The van der Waals surface area contributed by atoms with Crippen molar-refractivity contribution >= 4 is 39.5 Å². The first-order valence-corrected chi connectivity index (χ1v) is 10.4. The third-order valence-electron chi connectivity index (χ3n) is 3.91. The minimum atomic E-state index is -4.25. The Morgan fingerprint density at radius 2 is 1.77 bits per heavy atom. The van der Waals surface area contributed by atoms with E-state index in [4.69, 9.17) is 15.8 Å². The predicted molar refractivity (Wildman–Crippen MR) is 114 cm³/mol. The van der Waals surface area contributed by atoms with Gasteiger partial charge in [0, 0.05) is 28.3 Å². The number of nitrogens with zero attached hydrogens (tertiary/aromatic N) is 2. The molecule has 3 rings (SSSR count). The van der Waals surface area contributed by atoms with Crippen molar-refractivity contribution in [3.8, 4) is 5.75 Å². The Hall–Kier alpha value is -3.76. The number of non-ortho nitro benzene ring substituents is 1. The summed E-state index contributed by atoms with van der Waals surface area (Å²) in [5.41, 5.74) is 2.65. The first kappa shape index (κ1) is 21.9. The highest BCUT2D eigenvalue weighted by atomic mass is 35.5. The molecule has 3 aromatic rings. The number of nitrogens with one attached hydrogen (secondary N) is 1. The van der Waals surface area contributed by atoms with Gasteiger partial charge in [0.05, 0.1) is 11.1 Å². The molecule has 0 bridgehead atoms. The molecule has 0 aliphatic rings. The van der Waals surface area contributed by atoms with E-state index in [0.29, 0.717) is 10.6 Å². The molecule has 11 heteroatoms. The summed E-state index contributed by atoms with van der Waals surface area (Å²) in [7, 11) is -4.25. The van der Waals surface area contributed by atoms with Crippen molar-refractivity contribution < 1.29 is 22.3 Å². The molecule has 1 N–H and O–H groups in total. The highest BCUT2D eigenvalue weighted by Crippen LogP contribution is 2.23. The number of amides is 1. The van der Waals surface area contributed by atoms with Gasteiger partial charge in [-0.05, 0) is 42.5 Å². The first-order chi connectivity index (χ1) is 14.8. The molecule has 0 aliphatic heterocycles. The Morgan fingerprint density at radius 1 is 1.06 bits per heavy atom. The first-order valence-electron chi connectivity index (χ1n) is 8.63. The van der Waals surface area contributed by atoms with E-state index in [1.54, 1.807) is 30.3 Å². The van der Waals surface area contributed by atoms with Crippen LogP contribution in [0.3, 0.4) is 0 Å². The van der Waals surface area contributed by atoms with Gasteiger partial charge in [-0.3, -0.25) is 14.9 Å². The van der Waals surface area contributed by atoms with E-state index in [1.165, 1.54) is 24.4 Å². The second-order valence-corrected chi connectivity index (χ2v) is 8.02. The van der Waals surface area contributed by atoms with Gasteiger partial charge in [0.15, 0.2) is 5.75 Å². The molecule has 0 spiro atoms. The number of nitro groups is 1. The normalized spacial score (nSPS) is 11.3. The average Bonchev–Trinajstić information content (AvgIpc) is 2.74. The lowest BCUT2D eigenvalue weighted by Gasteiger charge is -2.09. The van der Waals surface area contributed by atoms with Crippen LogP contribution in [0.15, 0.2) is 82.8 Å². The van der Waals surface area contributed by atoms with Gasteiger partial charge in [-0.1, -0.05) is 29.8 Å². The van der Waals surface area contributed by atoms with E-state index < -0.39 is 20.9 Å². The molecular formula is C20H14ClN3O6S. The lowest BCUT2D eigenvalue weighted by Crippen LogP contribution is -2.17. The number of halogens is 1. The van der Waals surface area contributed by atoms with Crippen LogP contribution in [0.4, 0.5) is 5.69 Å². The molecule has 0 radical (unpaired) electrons. The maximum Gasteiger partial charge on any atom is 0.339 e. The van der Waals surface area contributed by atoms with Crippen LogP contribution in [0.25, 0.3) is 0 Å². The standard InChI is InChI=1S/C20H14ClN3O6S/c21-16-6-3-5-14(12-16)20(25)23-22-13-15-4-1-2-7-19(15)30-31(28,29)18-10-8-17(9-11-18)24(26)27/h1-13H,(H,23,25). The summed E-state index contributed by atoms with van der Waals surface area (Å²) in [6.07, 6.45) is 1.23. The number of hydrogen-bond acceptors (Lipinski definition) is 7.